The van der Waals surface area contributed by atoms with Gasteiger partial charge in [-0.1, -0.05) is 23.7 Å². The van der Waals surface area contributed by atoms with Crippen LogP contribution in [0.5, 0.6) is 0 Å². The average molecular weight is 309 g/mol. The summed E-state index contributed by atoms with van der Waals surface area (Å²) < 4.78 is 35.9. The van der Waals surface area contributed by atoms with Gasteiger partial charge < -0.3 is 5.32 Å². The third-order valence-corrected chi connectivity index (χ3v) is 3.14. The lowest BCUT2D eigenvalue weighted by Crippen LogP contribution is -2.40. The van der Waals surface area contributed by atoms with Crippen LogP contribution < -0.4 is 5.32 Å². The fourth-order valence-electron chi connectivity index (χ4n) is 1.61. The highest BCUT2D eigenvalue weighted by Crippen LogP contribution is 2.20. The van der Waals surface area contributed by atoms with Gasteiger partial charge in [-0.2, -0.15) is 13.2 Å². The molecule has 0 aliphatic carbocycles. The largest absolute Gasteiger partial charge is 0.405 e. The maximum Gasteiger partial charge on any atom is 0.405 e. The van der Waals surface area contributed by atoms with E-state index in [0.29, 0.717) is 5.02 Å². The molecule has 1 atom stereocenters. The molecule has 20 heavy (non-hydrogen) atoms. The summed E-state index contributed by atoms with van der Waals surface area (Å²) in [7, 11) is 1.67. The number of nitrogens with one attached hydrogen (secondary N) is 1. The van der Waals surface area contributed by atoms with Crippen LogP contribution in [0, 0.1) is 0 Å². The molecule has 0 aromatic heterocycles. The lowest BCUT2D eigenvalue weighted by atomic mass is 10.1. The second-order valence-electron chi connectivity index (χ2n) is 4.53. The third kappa shape index (κ3) is 5.79. The van der Waals surface area contributed by atoms with Crippen molar-refractivity contribution in [3.05, 3.63) is 34.9 Å². The van der Waals surface area contributed by atoms with Gasteiger partial charge in [-0.15, -0.1) is 0 Å². The van der Waals surface area contributed by atoms with E-state index in [2.05, 4.69) is 0 Å². The van der Waals surface area contributed by atoms with E-state index in [9.17, 15) is 18.0 Å². The molecule has 0 aliphatic heterocycles. The van der Waals surface area contributed by atoms with Crippen LogP contribution in [-0.2, 0) is 4.79 Å². The Morgan fingerprint density at radius 1 is 1.35 bits per heavy atom. The number of carbonyl (C=O) groups is 1. The van der Waals surface area contributed by atoms with Crippen LogP contribution in [0.4, 0.5) is 13.2 Å². The Balaban J connectivity index is 2.51. The van der Waals surface area contributed by atoms with E-state index in [4.69, 9.17) is 11.6 Å². The van der Waals surface area contributed by atoms with Gasteiger partial charge in [0.1, 0.15) is 6.54 Å². The van der Waals surface area contributed by atoms with Crippen molar-refractivity contribution in [3.63, 3.8) is 0 Å². The second-order valence-corrected chi connectivity index (χ2v) is 4.97. The van der Waals surface area contributed by atoms with Crippen molar-refractivity contribution in [1.29, 1.82) is 0 Å². The van der Waals surface area contributed by atoms with Gasteiger partial charge in [-0.05, 0) is 31.7 Å². The number of carbonyl (C=O) groups excluding carboxylic acids is 1. The summed E-state index contributed by atoms with van der Waals surface area (Å²) in [6.07, 6.45) is -4.39. The monoisotopic (exact) mass is 308 g/mol. The van der Waals surface area contributed by atoms with Crippen LogP contribution in [0.25, 0.3) is 0 Å². The molecule has 1 unspecified atom stereocenters. The molecule has 7 heteroatoms. The molecule has 1 amide bonds. The minimum Gasteiger partial charge on any atom is -0.346 e. The summed E-state index contributed by atoms with van der Waals surface area (Å²) in [5, 5.41) is 2.45. The van der Waals surface area contributed by atoms with E-state index >= 15 is 0 Å². The Morgan fingerprint density at radius 2 is 1.90 bits per heavy atom. The molecule has 0 fully saturated rings. The number of nitrogens with zero attached hydrogens (tertiary/aromatic N) is 1. The summed E-state index contributed by atoms with van der Waals surface area (Å²) in [6, 6.07) is 6.98. The van der Waals surface area contributed by atoms with Gasteiger partial charge in [-0.3, -0.25) is 9.69 Å². The predicted octanol–water partition coefficient (Wildman–Crippen LogP) is 3.01. The zero-order valence-corrected chi connectivity index (χ0v) is 11.9. The first kappa shape index (κ1) is 16.8. The van der Waals surface area contributed by atoms with Crippen LogP contribution in [0.1, 0.15) is 18.5 Å². The van der Waals surface area contributed by atoms with Crippen molar-refractivity contribution in [3.8, 4) is 0 Å². The molecule has 0 saturated carbocycles. The van der Waals surface area contributed by atoms with Gasteiger partial charge in [0.2, 0.25) is 5.91 Å². The minimum absolute atomic E-state index is 0.107. The number of amides is 1. The molecule has 0 aliphatic rings. The highest BCUT2D eigenvalue weighted by molar-refractivity contribution is 6.30. The van der Waals surface area contributed by atoms with E-state index in [-0.39, 0.29) is 12.6 Å². The van der Waals surface area contributed by atoms with Gasteiger partial charge in [0.25, 0.3) is 0 Å². The molecular formula is C13H16ClF3N2O. The van der Waals surface area contributed by atoms with E-state index in [1.165, 1.54) is 0 Å². The normalized spacial score (nSPS) is 13.3. The summed E-state index contributed by atoms with van der Waals surface area (Å²) in [5.74, 6) is -0.661. The lowest BCUT2D eigenvalue weighted by Gasteiger charge is -2.24. The lowest BCUT2D eigenvalue weighted by molar-refractivity contribution is -0.139. The molecule has 0 radical (unpaired) electrons. The Labute approximate surface area is 120 Å². The van der Waals surface area contributed by atoms with Crippen molar-refractivity contribution in [2.45, 2.75) is 19.1 Å². The molecule has 112 valence electrons. The van der Waals surface area contributed by atoms with Gasteiger partial charge in [0.15, 0.2) is 0 Å². The zero-order chi connectivity index (χ0) is 15.3. The third-order valence-electron chi connectivity index (χ3n) is 2.89. The molecule has 0 saturated heterocycles. The van der Waals surface area contributed by atoms with E-state index in [1.54, 1.807) is 24.1 Å². The molecule has 1 aromatic carbocycles. The van der Waals surface area contributed by atoms with Crippen molar-refractivity contribution >= 4 is 17.5 Å². The molecule has 0 spiro atoms. The van der Waals surface area contributed by atoms with Crippen molar-refractivity contribution in [1.82, 2.24) is 10.2 Å². The van der Waals surface area contributed by atoms with Gasteiger partial charge in [-0.25, -0.2) is 0 Å². The first-order chi connectivity index (χ1) is 9.19. The van der Waals surface area contributed by atoms with Crippen LogP contribution in [0.15, 0.2) is 24.3 Å². The number of alkyl halides is 3. The maximum atomic E-state index is 12.0. The SMILES string of the molecule is CC(c1ccc(Cl)cc1)N(C)CC(=O)NCC(F)(F)F. The standard InChI is InChI=1S/C13H16ClF3N2O/c1-9(10-3-5-11(14)6-4-10)19(2)7-12(20)18-8-13(15,16)17/h3-6,9H,7-8H2,1-2H3,(H,18,20). The highest BCUT2D eigenvalue weighted by Gasteiger charge is 2.28. The molecule has 1 rings (SSSR count). The van der Waals surface area contributed by atoms with Crippen LogP contribution in [0.3, 0.4) is 0 Å². The summed E-state index contributed by atoms with van der Waals surface area (Å²) >= 11 is 5.78. The average Bonchev–Trinajstić information content (AvgIpc) is 2.35. The van der Waals surface area contributed by atoms with Crippen molar-refractivity contribution in [2.75, 3.05) is 20.1 Å². The highest BCUT2D eigenvalue weighted by atomic mass is 35.5. The molecule has 1 N–H and O–H groups in total. The summed E-state index contributed by atoms with van der Waals surface area (Å²) in [6.45, 7) is 0.440. The number of hydrogen-bond acceptors (Lipinski definition) is 2. The predicted molar refractivity (Wildman–Crippen MR) is 71.6 cm³/mol. The first-order valence-electron chi connectivity index (χ1n) is 5.98. The van der Waals surface area contributed by atoms with E-state index in [1.807, 2.05) is 24.4 Å². The Bertz CT molecular complexity index is 448. The molecule has 0 bridgehead atoms. The molecule has 3 nitrogen and oxygen atoms in total. The summed E-state index contributed by atoms with van der Waals surface area (Å²) in [5.41, 5.74) is 0.931. The molecular weight excluding hydrogens is 293 g/mol. The van der Waals surface area contributed by atoms with Gasteiger partial charge >= 0.3 is 6.18 Å². The van der Waals surface area contributed by atoms with E-state index in [0.717, 1.165) is 5.56 Å². The van der Waals surface area contributed by atoms with Crippen LogP contribution in [0.2, 0.25) is 5.02 Å². The quantitative estimate of drug-likeness (QED) is 0.907. The number of likely N-dealkylation sites (N-methyl/N-ethyl adjacent to an activating group) is 1. The van der Waals surface area contributed by atoms with Crippen molar-refractivity contribution in [2.24, 2.45) is 0 Å². The molecule has 0 heterocycles. The fraction of sp³-hybridized carbons (Fsp3) is 0.462. The van der Waals surface area contributed by atoms with Gasteiger partial charge in [0.05, 0.1) is 6.54 Å². The smallest absolute Gasteiger partial charge is 0.346 e. The second kappa shape index (κ2) is 6.95. The topological polar surface area (TPSA) is 32.3 Å². The van der Waals surface area contributed by atoms with E-state index < -0.39 is 18.6 Å². The number of halogens is 4. The minimum atomic E-state index is -4.39. The Hall–Kier alpha value is -1.27. The van der Waals surface area contributed by atoms with Gasteiger partial charge in [0, 0.05) is 11.1 Å². The van der Waals surface area contributed by atoms with Crippen molar-refractivity contribution < 1.29 is 18.0 Å². The Morgan fingerprint density at radius 3 is 2.40 bits per heavy atom. The molecule has 1 aromatic rings. The number of benzene rings is 1. The fourth-order valence-corrected chi connectivity index (χ4v) is 1.74. The first-order valence-corrected chi connectivity index (χ1v) is 6.36. The maximum absolute atomic E-state index is 12.0. The van der Waals surface area contributed by atoms with Crippen LogP contribution >= 0.6 is 11.6 Å². The Kier molecular flexibility index (Phi) is 5.83. The van der Waals surface area contributed by atoms with Crippen LogP contribution in [-0.4, -0.2) is 37.1 Å². The number of hydrogen-bond donors (Lipinski definition) is 1. The zero-order valence-electron chi connectivity index (χ0n) is 11.2. The number of rotatable bonds is 5. The summed E-state index contributed by atoms with van der Waals surface area (Å²) in [4.78, 5) is 13.1.